The number of aromatic amines is 1. The van der Waals surface area contributed by atoms with Crippen LogP contribution in [0.5, 0.6) is 0 Å². The number of aromatic nitrogens is 2. The van der Waals surface area contributed by atoms with Crippen LogP contribution in [0.2, 0.25) is 0 Å². The third-order valence-electron chi connectivity index (χ3n) is 3.36. The minimum absolute atomic E-state index is 0.173. The molecular weight excluding hydrogens is 248 g/mol. The van der Waals surface area contributed by atoms with Crippen LogP contribution in [0.1, 0.15) is 24.1 Å². The summed E-state index contributed by atoms with van der Waals surface area (Å²) in [5.41, 5.74) is 3.91. The van der Waals surface area contributed by atoms with Crippen molar-refractivity contribution >= 4 is 16.6 Å². The van der Waals surface area contributed by atoms with Crippen molar-refractivity contribution in [2.45, 2.75) is 13.0 Å². The summed E-state index contributed by atoms with van der Waals surface area (Å²) in [6.07, 6.45) is 1.81. The number of nitrogens with zero attached hydrogens (tertiary/aromatic N) is 2. The SMILES string of the molecule is CC(Nc1ccc2[nH]ncc2c1)c1ccc(C#N)cc1. The zero-order chi connectivity index (χ0) is 13.9. The van der Waals surface area contributed by atoms with Gasteiger partial charge in [0.05, 0.1) is 23.3 Å². The third kappa shape index (κ3) is 2.34. The molecule has 0 aliphatic heterocycles. The molecule has 2 N–H and O–H groups in total. The molecule has 1 heterocycles. The van der Waals surface area contributed by atoms with Gasteiger partial charge in [0.15, 0.2) is 0 Å². The highest BCUT2D eigenvalue weighted by molar-refractivity contribution is 5.81. The normalized spacial score (nSPS) is 12.0. The Morgan fingerprint density at radius 1 is 1.20 bits per heavy atom. The maximum atomic E-state index is 8.81. The van der Waals surface area contributed by atoms with E-state index in [4.69, 9.17) is 5.26 Å². The molecule has 0 spiro atoms. The molecule has 3 rings (SSSR count). The fraction of sp³-hybridized carbons (Fsp3) is 0.125. The molecule has 1 unspecified atom stereocenters. The number of hydrogen-bond donors (Lipinski definition) is 2. The van der Waals surface area contributed by atoms with Gasteiger partial charge >= 0.3 is 0 Å². The lowest BCUT2D eigenvalue weighted by Gasteiger charge is -2.15. The highest BCUT2D eigenvalue weighted by Gasteiger charge is 2.06. The Hall–Kier alpha value is -2.80. The summed E-state index contributed by atoms with van der Waals surface area (Å²) < 4.78 is 0. The second-order valence-corrected chi connectivity index (χ2v) is 4.77. The molecule has 0 saturated carbocycles. The number of anilines is 1. The number of benzene rings is 2. The largest absolute Gasteiger partial charge is 0.379 e. The van der Waals surface area contributed by atoms with Gasteiger partial charge in [0.2, 0.25) is 0 Å². The van der Waals surface area contributed by atoms with Crippen LogP contribution in [0.15, 0.2) is 48.7 Å². The van der Waals surface area contributed by atoms with E-state index < -0.39 is 0 Å². The zero-order valence-electron chi connectivity index (χ0n) is 11.1. The summed E-state index contributed by atoms with van der Waals surface area (Å²) in [4.78, 5) is 0. The molecule has 0 aliphatic carbocycles. The van der Waals surface area contributed by atoms with E-state index in [1.54, 1.807) is 0 Å². The first-order valence-electron chi connectivity index (χ1n) is 6.46. The molecule has 4 nitrogen and oxygen atoms in total. The molecule has 4 heteroatoms. The standard InChI is InChI=1S/C16H14N4/c1-11(13-4-2-12(9-17)3-5-13)19-15-6-7-16-14(8-15)10-18-20-16/h2-8,10-11,19H,1H3,(H,18,20). The first kappa shape index (κ1) is 12.2. The molecule has 0 amide bonds. The molecule has 98 valence electrons. The second-order valence-electron chi connectivity index (χ2n) is 4.77. The van der Waals surface area contributed by atoms with Crippen LogP contribution < -0.4 is 5.32 Å². The van der Waals surface area contributed by atoms with Crippen LogP contribution in [-0.4, -0.2) is 10.2 Å². The highest BCUT2D eigenvalue weighted by atomic mass is 15.1. The lowest BCUT2D eigenvalue weighted by molar-refractivity contribution is 0.885. The smallest absolute Gasteiger partial charge is 0.0991 e. The predicted octanol–water partition coefficient (Wildman–Crippen LogP) is 3.61. The fourth-order valence-electron chi connectivity index (χ4n) is 2.21. The number of nitrogens with one attached hydrogen (secondary N) is 2. The Balaban J connectivity index is 1.80. The topological polar surface area (TPSA) is 64.5 Å². The van der Waals surface area contributed by atoms with Gasteiger partial charge in [-0.15, -0.1) is 0 Å². The van der Waals surface area contributed by atoms with E-state index in [-0.39, 0.29) is 6.04 Å². The van der Waals surface area contributed by atoms with Crippen LogP contribution in [0, 0.1) is 11.3 Å². The van der Waals surface area contributed by atoms with Crippen molar-refractivity contribution in [1.82, 2.24) is 10.2 Å². The van der Waals surface area contributed by atoms with Crippen molar-refractivity contribution < 1.29 is 0 Å². The van der Waals surface area contributed by atoms with Gasteiger partial charge in [-0.05, 0) is 42.8 Å². The van der Waals surface area contributed by atoms with E-state index in [1.807, 2.05) is 42.6 Å². The minimum Gasteiger partial charge on any atom is -0.379 e. The number of fused-ring (bicyclic) bond motifs is 1. The fourth-order valence-corrected chi connectivity index (χ4v) is 2.21. The number of H-pyrrole nitrogens is 1. The van der Waals surface area contributed by atoms with E-state index in [1.165, 1.54) is 0 Å². The maximum Gasteiger partial charge on any atom is 0.0991 e. The van der Waals surface area contributed by atoms with E-state index in [9.17, 15) is 0 Å². The molecule has 20 heavy (non-hydrogen) atoms. The molecule has 0 bridgehead atoms. The molecule has 0 fully saturated rings. The van der Waals surface area contributed by atoms with Gasteiger partial charge in [0.1, 0.15) is 0 Å². The second kappa shape index (κ2) is 5.06. The van der Waals surface area contributed by atoms with Gasteiger partial charge in [0.25, 0.3) is 0 Å². The molecule has 0 saturated heterocycles. The van der Waals surface area contributed by atoms with E-state index in [0.717, 1.165) is 22.2 Å². The van der Waals surface area contributed by atoms with Gasteiger partial charge < -0.3 is 5.32 Å². The maximum absolute atomic E-state index is 8.81. The quantitative estimate of drug-likeness (QED) is 0.757. The summed E-state index contributed by atoms with van der Waals surface area (Å²) in [5, 5.41) is 20.3. The molecule has 3 aromatic rings. The van der Waals surface area contributed by atoms with Crippen LogP contribution in [0.3, 0.4) is 0 Å². The van der Waals surface area contributed by atoms with Crippen molar-refractivity contribution in [3.8, 4) is 6.07 Å². The number of rotatable bonds is 3. The summed E-state index contributed by atoms with van der Waals surface area (Å²) >= 11 is 0. The van der Waals surface area contributed by atoms with E-state index >= 15 is 0 Å². The molecule has 0 aliphatic rings. The van der Waals surface area contributed by atoms with E-state index in [0.29, 0.717) is 5.56 Å². The first-order valence-corrected chi connectivity index (χ1v) is 6.46. The van der Waals surface area contributed by atoms with Crippen molar-refractivity contribution in [2.75, 3.05) is 5.32 Å². The van der Waals surface area contributed by atoms with Gasteiger partial charge in [-0.1, -0.05) is 12.1 Å². The van der Waals surface area contributed by atoms with Crippen molar-refractivity contribution in [1.29, 1.82) is 5.26 Å². The van der Waals surface area contributed by atoms with Crippen molar-refractivity contribution in [3.05, 3.63) is 59.8 Å². The molecular formula is C16H14N4. The number of hydrogen-bond acceptors (Lipinski definition) is 3. The molecule has 1 aromatic heterocycles. The molecule has 1 atom stereocenters. The average molecular weight is 262 g/mol. The average Bonchev–Trinajstić information content (AvgIpc) is 2.95. The van der Waals surface area contributed by atoms with Crippen molar-refractivity contribution in [3.63, 3.8) is 0 Å². The highest BCUT2D eigenvalue weighted by Crippen LogP contribution is 2.22. The Morgan fingerprint density at radius 2 is 2.00 bits per heavy atom. The molecule has 2 aromatic carbocycles. The monoisotopic (exact) mass is 262 g/mol. The first-order chi connectivity index (χ1) is 9.76. The van der Waals surface area contributed by atoms with Crippen LogP contribution in [0.25, 0.3) is 10.9 Å². The predicted molar refractivity (Wildman–Crippen MR) is 79.3 cm³/mol. The van der Waals surface area contributed by atoms with Gasteiger partial charge in [-0.3, -0.25) is 5.10 Å². The Bertz CT molecular complexity index is 765. The lowest BCUT2D eigenvalue weighted by Crippen LogP contribution is -2.06. The summed E-state index contributed by atoms with van der Waals surface area (Å²) in [6.45, 7) is 2.10. The Labute approximate surface area is 117 Å². The summed E-state index contributed by atoms with van der Waals surface area (Å²) in [7, 11) is 0. The van der Waals surface area contributed by atoms with Gasteiger partial charge in [-0.2, -0.15) is 10.4 Å². The lowest BCUT2D eigenvalue weighted by atomic mass is 10.1. The molecule has 0 radical (unpaired) electrons. The van der Waals surface area contributed by atoms with Crippen LogP contribution in [0.4, 0.5) is 5.69 Å². The van der Waals surface area contributed by atoms with Gasteiger partial charge in [-0.25, -0.2) is 0 Å². The Kier molecular flexibility index (Phi) is 3.10. The van der Waals surface area contributed by atoms with Crippen LogP contribution >= 0.6 is 0 Å². The third-order valence-corrected chi connectivity index (χ3v) is 3.36. The Morgan fingerprint density at radius 3 is 2.75 bits per heavy atom. The van der Waals surface area contributed by atoms with Crippen LogP contribution in [-0.2, 0) is 0 Å². The van der Waals surface area contributed by atoms with Gasteiger partial charge in [0, 0.05) is 17.1 Å². The minimum atomic E-state index is 0.173. The van der Waals surface area contributed by atoms with Crippen molar-refractivity contribution in [2.24, 2.45) is 0 Å². The summed E-state index contributed by atoms with van der Waals surface area (Å²) in [5.74, 6) is 0. The van der Waals surface area contributed by atoms with E-state index in [2.05, 4.69) is 34.6 Å². The number of nitriles is 1. The zero-order valence-corrected chi connectivity index (χ0v) is 11.1. The summed E-state index contributed by atoms with van der Waals surface area (Å²) in [6, 6.07) is 16.0.